The first kappa shape index (κ1) is 15.2. The third-order valence-electron chi connectivity index (χ3n) is 3.04. The minimum Gasteiger partial charge on any atom is -0.457 e. The Kier molecular flexibility index (Phi) is 4.40. The van der Waals surface area contributed by atoms with Crippen molar-refractivity contribution in [1.29, 1.82) is 0 Å². The van der Waals surface area contributed by atoms with E-state index in [0.717, 1.165) is 11.1 Å². The fourth-order valence-corrected chi connectivity index (χ4v) is 2.29. The molecule has 0 heterocycles. The maximum Gasteiger partial charge on any atom is 0.338 e. The summed E-state index contributed by atoms with van der Waals surface area (Å²) in [7, 11) is -3.76. The van der Waals surface area contributed by atoms with Crippen LogP contribution in [0.5, 0.6) is 0 Å². The predicted octanol–water partition coefficient (Wildman–Crippen LogP) is 2.00. The third kappa shape index (κ3) is 3.90. The molecule has 0 bridgehead atoms. The van der Waals surface area contributed by atoms with Crippen LogP contribution in [0.4, 0.5) is 0 Å². The summed E-state index contributed by atoms with van der Waals surface area (Å²) >= 11 is 0. The number of sulfonamides is 1. The molecule has 0 radical (unpaired) electrons. The molecule has 0 saturated heterocycles. The van der Waals surface area contributed by atoms with Crippen LogP contribution in [0.3, 0.4) is 0 Å². The zero-order chi connectivity index (χ0) is 15.5. The highest BCUT2D eigenvalue weighted by Gasteiger charge is 2.11. The molecule has 2 N–H and O–H groups in total. The van der Waals surface area contributed by atoms with Gasteiger partial charge in [0.2, 0.25) is 10.0 Å². The molecule has 2 aromatic rings. The molecule has 0 atom stereocenters. The van der Waals surface area contributed by atoms with Gasteiger partial charge in [-0.05, 0) is 42.3 Å². The summed E-state index contributed by atoms with van der Waals surface area (Å²) in [6, 6.07) is 12.9. The molecule has 0 amide bonds. The maximum atomic E-state index is 11.9. The molecule has 0 fully saturated rings. The van der Waals surface area contributed by atoms with Crippen LogP contribution >= 0.6 is 0 Å². The summed E-state index contributed by atoms with van der Waals surface area (Å²) in [6.45, 7) is 2.10. The van der Waals surface area contributed by atoms with Gasteiger partial charge in [0.25, 0.3) is 0 Å². The monoisotopic (exact) mass is 305 g/mol. The lowest BCUT2D eigenvalue weighted by Gasteiger charge is -2.07. The van der Waals surface area contributed by atoms with Crippen LogP contribution in [0.15, 0.2) is 53.4 Å². The van der Waals surface area contributed by atoms with E-state index in [1.165, 1.54) is 24.3 Å². The van der Waals surface area contributed by atoms with E-state index in [0.29, 0.717) is 0 Å². The number of rotatable bonds is 4. The largest absolute Gasteiger partial charge is 0.457 e. The van der Waals surface area contributed by atoms with E-state index in [1.807, 2.05) is 31.2 Å². The molecule has 0 saturated carbocycles. The van der Waals surface area contributed by atoms with E-state index in [4.69, 9.17) is 9.88 Å². The summed E-state index contributed by atoms with van der Waals surface area (Å²) in [5.41, 5.74) is 2.23. The van der Waals surface area contributed by atoms with Gasteiger partial charge < -0.3 is 4.74 Å². The number of esters is 1. The lowest BCUT2D eigenvalue weighted by molar-refractivity contribution is 0.0472. The predicted molar refractivity (Wildman–Crippen MR) is 78.1 cm³/mol. The summed E-state index contributed by atoms with van der Waals surface area (Å²) in [6.07, 6.45) is 0. The van der Waals surface area contributed by atoms with Crippen LogP contribution in [0.2, 0.25) is 0 Å². The normalized spacial score (nSPS) is 11.1. The average molecular weight is 305 g/mol. The first-order valence-electron chi connectivity index (χ1n) is 6.22. The van der Waals surface area contributed by atoms with E-state index >= 15 is 0 Å². The van der Waals surface area contributed by atoms with E-state index in [1.54, 1.807) is 0 Å². The third-order valence-corrected chi connectivity index (χ3v) is 3.97. The second-order valence-electron chi connectivity index (χ2n) is 4.57. The summed E-state index contributed by atoms with van der Waals surface area (Å²) in [5, 5.41) is 4.99. The Morgan fingerprint density at radius 1 is 1.10 bits per heavy atom. The summed E-state index contributed by atoms with van der Waals surface area (Å²) in [5.74, 6) is -0.515. The number of hydrogen-bond acceptors (Lipinski definition) is 4. The molecule has 21 heavy (non-hydrogen) atoms. The first-order valence-corrected chi connectivity index (χ1v) is 7.77. The fraction of sp³-hybridized carbons (Fsp3) is 0.133. The van der Waals surface area contributed by atoms with Crippen molar-refractivity contribution in [2.75, 3.05) is 0 Å². The quantitative estimate of drug-likeness (QED) is 0.875. The van der Waals surface area contributed by atoms with Crippen LogP contribution in [0.25, 0.3) is 0 Å². The molecule has 6 heteroatoms. The lowest BCUT2D eigenvalue weighted by Crippen LogP contribution is -2.12. The molecule has 0 unspecified atom stereocenters. The van der Waals surface area contributed by atoms with Gasteiger partial charge >= 0.3 is 5.97 Å². The standard InChI is InChI=1S/C15H15NO4S/c1-11-4-2-3-5-13(11)10-20-15(17)12-6-8-14(9-7-12)21(16,18)19/h2-9H,10H2,1H3,(H2,16,18,19). The van der Waals surface area contributed by atoms with Crippen molar-refractivity contribution >= 4 is 16.0 Å². The van der Waals surface area contributed by atoms with E-state index < -0.39 is 16.0 Å². The van der Waals surface area contributed by atoms with Crippen LogP contribution < -0.4 is 5.14 Å². The van der Waals surface area contributed by atoms with Crippen molar-refractivity contribution in [2.24, 2.45) is 5.14 Å². The maximum absolute atomic E-state index is 11.9. The number of aryl methyl sites for hydroxylation is 1. The van der Waals surface area contributed by atoms with Gasteiger partial charge in [0, 0.05) is 0 Å². The number of carbonyl (C=O) groups excluding carboxylic acids is 1. The van der Waals surface area contributed by atoms with E-state index in [2.05, 4.69) is 0 Å². The second kappa shape index (κ2) is 6.07. The highest BCUT2D eigenvalue weighted by molar-refractivity contribution is 7.89. The van der Waals surface area contributed by atoms with Crippen LogP contribution in [0, 0.1) is 6.92 Å². The van der Waals surface area contributed by atoms with Crippen molar-refractivity contribution < 1.29 is 17.9 Å². The van der Waals surface area contributed by atoms with Gasteiger partial charge in [0.1, 0.15) is 6.61 Å². The number of benzene rings is 2. The smallest absolute Gasteiger partial charge is 0.338 e. The average Bonchev–Trinajstić information content (AvgIpc) is 2.45. The summed E-state index contributed by atoms with van der Waals surface area (Å²) in [4.78, 5) is 11.8. The number of carbonyl (C=O) groups is 1. The first-order chi connectivity index (χ1) is 9.88. The topological polar surface area (TPSA) is 86.5 Å². The molecule has 0 aliphatic heterocycles. The van der Waals surface area contributed by atoms with Crippen LogP contribution in [-0.2, 0) is 21.4 Å². The fourth-order valence-electron chi connectivity index (χ4n) is 1.78. The van der Waals surface area contributed by atoms with Gasteiger partial charge in [-0.1, -0.05) is 24.3 Å². The number of primary sulfonamides is 1. The Bertz CT molecular complexity index is 751. The SMILES string of the molecule is Cc1ccccc1COC(=O)c1ccc(S(N)(=O)=O)cc1. The van der Waals surface area contributed by atoms with Gasteiger partial charge in [-0.15, -0.1) is 0 Å². The Hall–Kier alpha value is -2.18. The number of hydrogen-bond donors (Lipinski definition) is 1. The molecule has 0 aromatic heterocycles. The molecule has 2 aromatic carbocycles. The highest BCUT2D eigenvalue weighted by atomic mass is 32.2. The van der Waals surface area contributed by atoms with Crippen LogP contribution in [-0.4, -0.2) is 14.4 Å². The van der Waals surface area contributed by atoms with Crippen molar-refractivity contribution in [1.82, 2.24) is 0 Å². The number of nitrogens with two attached hydrogens (primary N) is 1. The van der Waals surface area contributed by atoms with Crippen LogP contribution in [0.1, 0.15) is 21.5 Å². The Morgan fingerprint density at radius 2 is 1.71 bits per heavy atom. The minimum atomic E-state index is -3.76. The minimum absolute atomic E-state index is 0.0436. The van der Waals surface area contributed by atoms with Gasteiger partial charge in [-0.3, -0.25) is 0 Å². The Labute approximate surface area is 123 Å². The Morgan fingerprint density at radius 3 is 2.29 bits per heavy atom. The molecule has 110 valence electrons. The van der Waals surface area contributed by atoms with Crippen molar-refractivity contribution in [3.63, 3.8) is 0 Å². The van der Waals surface area contributed by atoms with Gasteiger partial charge in [-0.2, -0.15) is 0 Å². The van der Waals surface area contributed by atoms with Gasteiger partial charge in [0.05, 0.1) is 10.5 Å². The Balaban J connectivity index is 2.06. The van der Waals surface area contributed by atoms with Crippen molar-refractivity contribution in [2.45, 2.75) is 18.4 Å². The molecular formula is C15H15NO4S. The van der Waals surface area contributed by atoms with Crippen molar-refractivity contribution in [3.8, 4) is 0 Å². The molecular weight excluding hydrogens is 290 g/mol. The van der Waals surface area contributed by atoms with E-state index in [-0.39, 0.29) is 17.1 Å². The zero-order valence-electron chi connectivity index (χ0n) is 11.4. The molecule has 0 aliphatic carbocycles. The molecule has 0 aliphatic rings. The molecule has 0 spiro atoms. The molecule has 5 nitrogen and oxygen atoms in total. The van der Waals surface area contributed by atoms with Gasteiger partial charge in [0.15, 0.2) is 0 Å². The number of ether oxygens (including phenoxy) is 1. The van der Waals surface area contributed by atoms with E-state index in [9.17, 15) is 13.2 Å². The highest BCUT2D eigenvalue weighted by Crippen LogP contribution is 2.12. The summed E-state index contributed by atoms with van der Waals surface area (Å²) < 4.78 is 27.4. The second-order valence-corrected chi connectivity index (χ2v) is 6.13. The molecule has 2 rings (SSSR count). The van der Waals surface area contributed by atoms with Gasteiger partial charge in [-0.25, -0.2) is 18.4 Å². The van der Waals surface area contributed by atoms with Crippen molar-refractivity contribution in [3.05, 3.63) is 65.2 Å². The lowest BCUT2D eigenvalue weighted by atomic mass is 10.1. The zero-order valence-corrected chi connectivity index (χ0v) is 12.3.